The van der Waals surface area contributed by atoms with Crippen LogP contribution >= 0.6 is 11.8 Å². The number of methoxy groups -OCH3 is 1. The minimum absolute atomic E-state index is 0.274. The van der Waals surface area contributed by atoms with Crippen LogP contribution in [0.5, 0.6) is 5.75 Å². The number of benzene rings is 1. The minimum atomic E-state index is -0.420. The van der Waals surface area contributed by atoms with E-state index >= 15 is 0 Å². The Hall–Kier alpha value is -1.27. The summed E-state index contributed by atoms with van der Waals surface area (Å²) in [4.78, 5) is 11.6. The van der Waals surface area contributed by atoms with Crippen LogP contribution in [0.25, 0.3) is 0 Å². The number of carbonyl (C=O) groups excluding carboxylic acids is 1. The monoisotopic (exact) mass is 327 g/mol. The fraction of sp³-hybridized carbons (Fsp3) is 0.562. The van der Waals surface area contributed by atoms with Crippen LogP contribution in [-0.4, -0.2) is 55.6 Å². The molecule has 2 N–H and O–H groups in total. The Morgan fingerprint density at radius 2 is 2.14 bits per heavy atom. The quantitative estimate of drug-likeness (QED) is 0.779. The molecular formula is C16H24FN2O2S+. The SMILES string of the molecule is COc1ccc(CS[C@H]2C[C@@H](C(N)=O)[N+](C)(CCF)C2)cc1. The maximum absolute atomic E-state index is 12.8. The van der Waals surface area contributed by atoms with Crippen LogP contribution in [0.1, 0.15) is 12.0 Å². The van der Waals surface area contributed by atoms with Crippen molar-refractivity contribution < 1.29 is 18.4 Å². The molecule has 0 radical (unpaired) electrons. The van der Waals surface area contributed by atoms with Crippen LogP contribution in [0.4, 0.5) is 4.39 Å². The molecular weight excluding hydrogens is 303 g/mol. The number of thioether (sulfide) groups is 1. The van der Waals surface area contributed by atoms with E-state index in [1.807, 2.05) is 43.1 Å². The van der Waals surface area contributed by atoms with Gasteiger partial charge in [-0.05, 0) is 17.7 Å². The highest BCUT2D eigenvalue weighted by atomic mass is 32.2. The molecule has 1 aromatic rings. The van der Waals surface area contributed by atoms with Gasteiger partial charge in [0.1, 0.15) is 19.0 Å². The van der Waals surface area contributed by atoms with Crippen LogP contribution in [0.3, 0.4) is 0 Å². The van der Waals surface area contributed by atoms with Crippen LogP contribution < -0.4 is 10.5 Å². The van der Waals surface area contributed by atoms with E-state index < -0.39 is 6.67 Å². The summed E-state index contributed by atoms with van der Waals surface area (Å²) in [7, 11) is 3.58. The van der Waals surface area contributed by atoms with Crippen LogP contribution in [-0.2, 0) is 10.5 Å². The maximum Gasteiger partial charge on any atom is 0.275 e. The molecule has 1 fully saturated rings. The van der Waals surface area contributed by atoms with Crippen molar-refractivity contribution in [3.8, 4) is 5.75 Å². The highest BCUT2D eigenvalue weighted by Crippen LogP contribution is 2.34. The molecule has 0 aromatic heterocycles. The summed E-state index contributed by atoms with van der Waals surface area (Å²) in [5.41, 5.74) is 6.72. The summed E-state index contributed by atoms with van der Waals surface area (Å²) in [6.07, 6.45) is 0.729. The van der Waals surface area contributed by atoms with Crippen molar-refractivity contribution in [1.82, 2.24) is 0 Å². The Morgan fingerprint density at radius 3 is 2.68 bits per heavy atom. The Balaban J connectivity index is 1.94. The van der Waals surface area contributed by atoms with E-state index in [-0.39, 0.29) is 11.9 Å². The van der Waals surface area contributed by atoms with Crippen molar-refractivity contribution in [3.05, 3.63) is 29.8 Å². The fourth-order valence-electron chi connectivity index (χ4n) is 3.09. The topological polar surface area (TPSA) is 52.3 Å². The zero-order valence-electron chi connectivity index (χ0n) is 13.1. The van der Waals surface area contributed by atoms with Gasteiger partial charge in [0.2, 0.25) is 0 Å². The Labute approximate surface area is 135 Å². The van der Waals surface area contributed by atoms with Crippen molar-refractivity contribution in [2.45, 2.75) is 23.5 Å². The number of alkyl halides is 1. The molecule has 1 amide bonds. The molecule has 6 heteroatoms. The average molecular weight is 327 g/mol. The number of halogens is 1. The van der Waals surface area contributed by atoms with E-state index in [4.69, 9.17) is 10.5 Å². The van der Waals surface area contributed by atoms with Crippen LogP contribution in [0.2, 0.25) is 0 Å². The largest absolute Gasteiger partial charge is 0.497 e. The van der Waals surface area contributed by atoms with Gasteiger partial charge in [0, 0.05) is 12.2 Å². The summed E-state index contributed by atoms with van der Waals surface area (Å²) < 4.78 is 18.4. The van der Waals surface area contributed by atoms with Gasteiger partial charge in [0.15, 0.2) is 6.04 Å². The van der Waals surface area contributed by atoms with Crippen molar-refractivity contribution in [3.63, 3.8) is 0 Å². The van der Waals surface area contributed by atoms with Gasteiger partial charge >= 0.3 is 0 Å². The normalized spacial score (nSPS) is 27.8. The smallest absolute Gasteiger partial charge is 0.275 e. The molecule has 0 aliphatic carbocycles. The number of hydrogen-bond acceptors (Lipinski definition) is 3. The molecule has 122 valence electrons. The Kier molecular flexibility index (Phi) is 5.69. The second kappa shape index (κ2) is 7.33. The van der Waals surface area contributed by atoms with Gasteiger partial charge in [0.25, 0.3) is 5.91 Å². The first-order valence-corrected chi connectivity index (χ1v) is 8.47. The number of nitrogens with two attached hydrogens (primary N) is 1. The predicted molar refractivity (Wildman–Crippen MR) is 87.6 cm³/mol. The average Bonchev–Trinajstić information content (AvgIpc) is 2.83. The lowest BCUT2D eigenvalue weighted by molar-refractivity contribution is -0.911. The molecule has 0 bridgehead atoms. The number of likely N-dealkylation sites (tertiary alicyclic amines) is 1. The molecule has 3 atom stereocenters. The van der Waals surface area contributed by atoms with Gasteiger partial charge in [-0.1, -0.05) is 12.1 Å². The summed E-state index contributed by atoms with van der Waals surface area (Å²) in [6, 6.07) is 7.70. The Morgan fingerprint density at radius 1 is 1.45 bits per heavy atom. The van der Waals surface area contributed by atoms with Gasteiger partial charge in [-0.15, -0.1) is 11.8 Å². The molecule has 0 spiro atoms. The summed E-state index contributed by atoms with van der Waals surface area (Å²) in [5, 5.41) is 0.330. The third-order valence-electron chi connectivity index (χ3n) is 4.43. The number of primary amides is 1. The van der Waals surface area contributed by atoms with Crippen molar-refractivity contribution in [2.75, 3.05) is 33.9 Å². The number of carbonyl (C=O) groups is 1. The number of rotatable bonds is 7. The van der Waals surface area contributed by atoms with Crippen molar-refractivity contribution in [1.29, 1.82) is 0 Å². The number of quaternary nitrogens is 1. The summed E-state index contributed by atoms with van der Waals surface area (Å²) >= 11 is 1.81. The molecule has 1 aromatic carbocycles. The number of nitrogens with zero attached hydrogens (tertiary/aromatic N) is 1. The second-order valence-corrected chi connectivity index (χ2v) is 7.30. The zero-order valence-corrected chi connectivity index (χ0v) is 13.9. The molecule has 1 aliphatic rings. The zero-order chi connectivity index (χ0) is 16.2. The molecule has 2 rings (SSSR count). The molecule has 4 nitrogen and oxygen atoms in total. The number of amides is 1. The molecule has 1 aliphatic heterocycles. The van der Waals surface area contributed by atoms with Gasteiger partial charge in [-0.25, -0.2) is 4.39 Å². The maximum atomic E-state index is 12.8. The van der Waals surface area contributed by atoms with E-state index in [9.17, 15) is 9.18 Å². The first kappa shape index (κ1) is 17.1. The summed E-state index contributed by atoms with van der Waals surface area (Å²) in [6.45, 7) is 0.724. The third kappa shape index (κ3) is 3.93. The number of ether oxygens (including phenoxy) is 1. The molecule has 0 saturated carbocycles. The van der Waals surface area contributed by atoms with Gasteiger partial charge < -0.3 is 15.0 Å². The molecule has 1 heterocycles. The highest BCUT2D eigenvalue weighted by Gasteiger charge is 2.46. The van der Waals surface area contributed by atoms with Crippen LogP contribution in [0.15, 0.2) is 24.3 Å². The Bertz CT molecular complexity index is 511. The molecule has 1 unspecified atom stereocenters. The van der Waals surface area contributed by atoms with Gasteiger partial charge in [-0.2, -0.15) is 0 Å². The van der Waals surface area contributed by atoms with E-state index in [0.717, 1.165) is 24.5 Å². The standard InChI is InChI=1S/C16H23FN2O2S/c1-19(8-7-17)10-14(9-15(19)16(18)20)22-11-12-3-5-13(21-2)6-4-12/h3-6,14-15H,7-11H2,1-2H3,(H-,18,20)/p+1/t14-,15-,19?/m0/s1. The lowest BCUT2D eigenvalue weighted by Gasteiger charge is -2.33. The van der Waals surface area contributed by atoms with E-state index in [1.54, 1.807) is 7.11 Å². The number of likely N-dealkylation sites (N-methyl/N-ethyl adjacent to an activating group) is 1. The van der Waals surface area contributed by atoms with Crippen molar-refractivity contribution >= 4 is 17.7 Å². The lowest BCUT2D eigenvalue weighted by Crippen LogP contribution is -2.55. The second-order valence-electron chi connectivity index (χ2n) is 6.01. The third-order valence-corrected chi connectivity index (χ3v) is 5.74. The van der Waals surface area contributed by atoms with Crippen LogP contribution in [0, 0.1) is 0 Å². The van der Waals surface area contributed by atoms with E-state index in [2.05, 4.69) is 0 Å². The minimum Gasteiger partial charge on any atom is -0.497 e. The number of hydrogen-bond donors (Lipinski definition) is 1. The van der Waals surface area contributed by atoms with Crippen molar-refractivity contribution in [2.24, 2.45) is 5.73 Å². The first-order chi connectivity index (χ1) is 10.5. The summed E-state index contributed by atoms with van der Waals surface area (Å²) in [5.74, 6) is 1.40. The highest BCUT2D eigenvalue weighted by molar-refractivity contribution is 7.99. The lowest BCUT2D eigenvalue weighted by atomic mass is 10.2. The van der Waals surface area contributed by atoms with E-state index in [1.165, 1.54) is 5.56 Å². The fourth-order valence-corrected chi connectivity index (χ4v) is 4.48. The van der Waals surface area contributed by atoms with E-state index in [0.29, 0.717) is 16.3 Å². The molecule has 1 saturated heterocycles. The molecule has 22 heavy (non-hydrogen) atoms. The first-order valence-electron chi connectivity index (χ1n) is 7.42. The van der Waals surface area contributed by atoms with Gasteiger partial charge in [0.05, 0.1) is 26.0 Å². The predicted octanol–water partition coefficient (Wildman–Crippen LogP) is 1.97. The van der Waals surface area contributed by atoms with Gasteiger partial charge in [-0.3, -0.25) is 4.79 Å².